The number of carbonyl (C=O) groups excluding carboxylic acids is 1. The van der Waals surface area contributed by atoms with Crippen molar-refractivity contribution in [3.8, 4) is 0 Å². The molecule has 0 aliphatic carbocycles. The average Bonchev–Trinajstić information content (AvgIpc) is 2.90. The molecule has 0 spiro atoms. The van der Waals surface area contributed by atoms with Crippen molar-refractivity contribution in [1.82, 2.24) is 9.80 Å². The second-order valence-corrected chi connectivity index (χ2v) is 7.78. The molecule has 0 saturated carbocycles. The Morgan fingerprint density at radius 2 is 1.85 bits per heavy atom. The third kappa shape index (κ3) is 5.69. The number of rotatable bonds is 5. The molecule has 0 radical (unpaired) electrons. The van der Waals surface area contributed by atoms with E-state index in [2.05, 4.69) is 39.4 Å². The van der Waals surface area contributed by atoms with Crippen LogP contribution in [0.25, 0.3) is 0 Å². The minimum atomic E-state index is -0.225. The van der Waals surface area contributed by atoms with E-state index in [1.54, 1.807) is 18.2 Å². The number of hydrogen-bond donors (Lipinski definition) is 1. The second kappa shape index (κ2) is 9.56. The Labute approximate surface area is 171 Å². The first-order chi connectivity index (χ1) is 13.0. The first-order valence-electron chi connectivity index (χ1n) is 9.29. The maximum atomic E-state index is 12.7. The lowest BCUT2D eigenvalue weighted by molar-refractivity contribution is -0.120. The van der Waals surface area contributed by atoms with Crippen LogP contribution in [0.5, 0.6) is 0 Å². The average molecular weight is 406 g/mol. The van der Waals surface area contributed by atoms with E-state index < -0.39 is 0 Å². The first kappa shape index (κ1) is 20.2. The monoisotopic (exact) mass is 405 g/mol. The van der Waals surface area contributed by atoms with Gasteiger partial charge >= 0.3 is 0 Å². The summed E-state index contributed by atoms with van der Waals surface area (Å²) in [5.74, 6) is -0.0596. The molecule has 1 N–H and O–H groups in total. The van der Waals surface area contributed by atoms with Crippen LogP contribution < -0.4 is 5.32 Å². The van der Waals surface area contributed by atoms with E-state index in [-0.39, 0.29) is 11.9 Å². The molecule has 1 amide bonds. The van der Waals surface area contributed by atoms with Crippen LogP contribution in [-0.4, -0.2) is 47.9 Å². The summed E-state index contributed by atoms with van der Waals surface area (Å²) in [6.07, 6.45) is 1.04. The Morgan fingerprint density at radius 1 is 1.07 bits per heavy atom. The predicted octanol–water partition coefficient (Wildman–Crippen LogP) is 4.53. The van der Waals surface area contributed by atoms with Crippen LogP contribution in [0.1, 0.15) is 18.9 Å². The van der Waals surface area contributed by atoms with Crippen molar-refractivity contribution in [2.45, 2.75) is 25.9 Å². The van der Waals surface area contributed by atoms with Crippen LogP contribution in [0, 0.1) is 0 Å². The van der Waals surface area contributed by atoms with Gasteiger partial charge in [-0.05, 0) is 43.7 Å². The van der Waals surface area contributed by atoms with Crippen molar-refractivity contribution in [3.05, 3.63) is 64.1 Å². The number of halogens is 2. The molecule has 4 nitrogen and oxygen atoms in total. The van der Waals surface area contributed by atoms with Gasteiger partial charge in [-0.3, -0.25) is 14.6 Å². The van der Waals surface area contributed by atoms with Gasteiger partial charge in [0.15, 0.2) is 0 Å². The smallest absolute Gasteiger partial charge is 0.241 e. The van der Waals surface area contributed by atoms with Crippen LogP contribution in [0.3, 0.4) is 0 Å². The molecule has 0 aromatic heterocycles. The highest BCUT2D eigenvalue weighted by Crippen LogP contribution is 2.25. The van der Waals surface area contributed by atoms with Gasteiger partial charge in [0.05, 0.1) is 16.8 Å². The number of hydrogen-bond acceptors (Lipinski definition) is 3. The molecule has 3 rings (SSSR count). The molecule has 144 valence electrons. The molecule has 2 aromatic carbocycles. The van der Waals surface area contributed by atoms with E-state index in [1.165, 1.54) is 5.56 Å². The zero-order valence-electron chi connectivity index (χ0n) is 15.5. The SMILES string of the molecule is CC(C(=O)Nc1cc(Cl)ccc1Cl)N1CCCN(Cc2ccccc2)CC1. The third-order valence-electron chi connectivity index (χ3n) is 4.99. The Kier molecular flexibility index (Phi) is 7.13. The molecular weight excluding hydrogens is 381 g/mol. The fourth-order valence-corrected chi connectivity index (χ4v) is 3.71. The molecule has 27 heavy (non-hydrogen) atoms. The summed E-state index contributed by atoms with van der Waals surface area (Å²) >= 11 is 12.2. The van der Waals surface area contributed by atoms with Crippen LogP contribution in [0.15, 0.2) is 48.5 Å². The number of anilines is 1. The summed E-state index contributed by atoms with van der Waals surface area (Å²) in [6, 6.07) is 15.4. The third-order valence-corrected chi connectivity index (χ3v) is 5.55. The molecular formula is C21H25Cl2N3O. The van der Waals surface area contributed by atoms with Gasteiger partial charge in [0.1, 0.15) is 0 Å². The maximum Gasteiger partial charge on any atom is 0.241 e. The van der Waals surface area contributed by atoms with Gasteiger partial charge < -0.3 is 5.32 Å². The molecule has 1 saturated heterocycles. The Hall–Kier alpha value is -1.59. The predicted molar refractivity (Wildman–Crippen MR) is 112 cm³/mol. The molecule has 1 unspecified atom stereocenters. The molecule has 2 aromatic rings. The highest BCUT2D eigenvalue weighted by atomic mass is 35.5. The van der Waals surface area contributed by atoms with Crippen molar-refractivity contribution < 1.29 is 4.79 Å². The van der Waals surface area contributed by atoms with E-state index >= 15 is 0 Å². The van der Waals surface area contributed by atoms with Gasteiger partial charge in [-0.2, -0.15) is 0 Å². The largest absolute Gasteiger partial charge is 0.323 e. The minimum Gasteiger partial charge on any atom is -0.323 e. The van der Waals surface area contributed by atoms with E-state index in [1.807, 2.05) is 13.0 Å². The van der Waals surface area contributed by atoms with E-state index in [0.29, 0.717) is 15.7 Å². The molecule has 1 heterocycles. The first-order valence-corrected chi connectivity index (χ1v) is 10.0. The summed E-state index contributed by atoms with van der Waals surface area (Å²) in [5, 5.41) is 3.95. The van der Waals surface area contributed by atoms with Gasteiger partial charge in [-0.1, -0.05) is 53.5 Å². The van der Waals surface area contributed by atoms with E-state index in [9.17, 15) is 4.79 Å². The van der Waals surface area contributed by atoms with Crippen molar-refractivity contribution in [2.75, 3.05) is 31.5 Å². The zero-order valence-corrected chi connectivity index (χ0v) is 17.0. The maximum absolute atomic E-state index is 12.7. The summed E-state index contributed by atoms with van der Waals surface area (Å²) in [7, 11) is 0. The van der Waals surface area contributed by atoms with Gasteiger partial charge in [0.2, 0.25) is 5.91 Å². The van der Waals surface area contributed by atoms with Crippen LogP contribution in [-0.2, 0) is 11.3 Å². The quantitative estimate of drug-likeness (QED) is 0.793. The molecule has 1 aliphatic rings. The van der Waals surface area contributed by atoms with E-state index in [4.69, 9.17) is 23.2 Å². The number of benzene rings is 2. The molecule has 1 atom stereocenters. The van der Waals surface area contributed by atoms with Crippen molar-refractivity contribution in [1.29, 1.82) is 0 Å². The highest BCUT2D eigenvalue weighted by molar-refractivity contribution is 6.35. The number of nitrogens with one attached hydrogen (secondary N) is 1. The lowest BCUT2D eigenvalue weighted by Crippen LogP contribution is -2.43. The van der Waals surface area contributed by atoms with Gasteiger partial charge in [0, 0.05) is 31.2 Å². The van der Waals surface area contributed by atoms with Crippen molar-refractivity contribution in [3.63, 3.8) is 0 Å². The Morgan fingerprint density at radius 3 is 2.63 bits per heavy atom. The Bertz CT molecular complexity index is 769. The number of amides is 1. The van der Waals surface area contributed by atoms with Crippen LogP contribution in [0.4, 0.5) is 5.69 Å². The van der Waals surface area contributed by atoms with Gasteiger partial charge in [-0.25, -0.2) is 0 Å². The number of nitrogens with zero attached hydrogens (tertiary/aromatic N) is 2. The lowest BCUT2D eigenvalue weighted by atomic mass is 10.2. The topological polar surface area (TPSA) is 35.6 Å². The standard InChI is InChI=1S/C21H25Cl2N3O/c1-16(21(27)24-20-14-18(22)8-9-19(20)23)26-11-5-10-25(12-13-26)15-17-6-3-2-4-7-17/h2-4,6-9,14,16H,5,10-13,15H2,1H3,(H,24,27). The molecule has 1 aliphatic heterocycles. The Balaban J connectivity index is 1.56. The molecule has 1 fully saturated rings. The highest BCUT2D eigenvalue weighted by Gasteiger charge is 2.24. The molecule has 6 heteroatoms. The summed E-state index contributed by atoms with van der Waals surface area (Å²) in [5.41, 5.74) is 1.88. The second-order valence-electron chi connectivity index (χ2n) is 6.94. The minimum absolute atomic E-state index is 0.0596. The summed E-state index contributed by atoms with van der Waals surface area (Å²) in [6.45, 7) is 6.66. The van der Waals surface area contributed by atoms with Gasteiger partial charge in [-0.15, -0.1) is 0 Å². The van der Waals surface area contributed by atoms with Crippen molar-refractivity contribution >= 4 is 34.8 Å². The van der Waals surface area contributed by atoms with E-state index in [0.717, 1.165) is 39.1 Å². The fraction of sp³-hybridized carbons (Fsp3) is 0.381. The summed E-state index contributed by atoms with van der Waals surface area (Å²) in [4.78, 5) is 17.4. The van der Waals surface area contributed by atoms with Crippen LogP contribution in [0.2, 0.25) is 10.0 Å². The number of carbonyl (C=O) groups is 1. The fourth-order valence-electron chi connectivity index (χ4n) is 3.37. The zero-order chi connectivity index (χ0) is 19.2. The normalized spacial score (nSPS) is 17.3. The van der Waals surface area contributed by atoms with Crippen molar-refractivity contribution in [2.24, 2.45) is 0 Å². The lowest BCUT2D eigenvalue weighted by Gasteiger charge is -2.27. The van der Waals surface area contributed by atoms with Crippen LogP contribution >= 0.6 is 23.2 Å². The van der Waals surface area contributed by atoms with Gasteiger partial charge in [0.25, 0.3) is 0 Å². The molecule has 0 bridgehead atoms. The summed E-state index contributed by atoms with van der Waals surface area (Å²) < 4.78 is 0.